The SMILES string of the molecule is O=C1CCC(N2Cc3cc(CN4CCN(c5cccc(Cl)n5)CC4)ccc3C2S)C(=O)N1. The van der Waals surface area contributed by atoms with Gasteiger partial charge < -0.3 is 4.90 Å². The van der Waals surface area contributed by atoms with Crippen molar-refractivity contribution in [1.29, 1.82) is 0 Å². The van der Waals surface area contributed by atoms with E-state index in [0.29, 0.717) is 24.5 Å². The highest BCUT2D eigenvalue weighted by Crippen LogP contribution is 2.39. The number of piperidine rings is 1. The fourth-order valence-corrected chi connectivity index (χ4v) is 5.51. The summed E-state index contributed by atoms with van der Waals surface area (Å²) in [6.07, 6.45) is 0.931. The van der Waals surface area contributed by atoms with E-state index in [1.54, 1.807) is 6.07 Å². The van der Waals surface area contributed by atoms with Gasteiger partial charge in [-0.25, -0.2) is 4.98 Å². The van der Waals surface area contributed by atoms with Gasteiger partial charge in [0.2, 0.25) is 11.8 Å². The minimum atomic E-state index is -0.306. The summed E-state index contributed by atoms with van der Waals surface area (Å²) in [5.41, 5.74) is 3.64. The zero-order valence-corrected chi connectivity index (χ0v) is 19.4. The molecule has 2 saturated heterocycles. The molecule has 5 rings (SSSR count). The number of amides is 2. The van der Waals surface area contributed by atoms with Gasteiger partial charge in [0, 0.05) is 45.7 Å². The van der Waals surface area contributed by atoms with Crippen molar-refractivity contribution >= 4 is 41.9 Å². The predicted molar refractivity (Wildman–Crippen MR) is 127 cm³/mol. The highest BCUT2D eigenvalue weighted by atomic mass is 35.5. The average Bonchev–Trinajstić information content (AvgIpc) is 3.10. The van der Waals surface area contributed by atoms with E-state index in [2.05, 4.69) is 43.2 Å². The van der Waals surface area contributed by atoms with Crippen LogP contribution in [-0.4, -0.2) is 58.8 Å². The van der Waals surface area contributed by atoms with Crippen molar-refractivity contribution in [2.45, 2.75) is 37.3 Å². The minimum Gasteiger partial charge on any atom is -0.354 e. The molecular weight excluding hydrogens is 446 g/mol. The first kappa shape index (κ1) is 21.7. The molecule has 1 aromatic heterocycles. The summed E-state index contributed by atoms with van der Waals surface area (Å²) >= 11 is 10.8. The van der Waals surface area contributed by atoms with E-state index in [1.165, 1.54) is 11.1 Å². The molecule has 9 heteroatoms. The lowest BCUT2D eigenvalue weighted by atomic mass is 10.0. The van der Waals surface area contributed by atoms with Crippen LogP contribution < -0.4 is 10.2 Å². The minimum absolute atomic E-state index is 0.128. The number of imide groups is 1. The maximum absolute atomic E-state index is 12.3. The van der Waals surface area contributed by atoms with Crippen molar-refractivity contribution in [3.8, 4) is 0 Å². The zero-order chi connectivity index (χ0) is 22.2. The van der Waals surface area contributed by atoms with Gasteiger partial charge in [0.05, 0.1) is 11.4 Å². The molecule has 2 fully saturated rings. The second-order valence-corrected chi connectivity index (χ2v) is 9.50. The van der Waals surface area contributed by atoms with Gasteiger partial charge in [0.25, 0.3) is 0 Å². The first-order chi connectivity index (χ1) is 15.5. The van der Waals surface area contributed by atoms with Gasteiger partial charge in [0.15, 0.2) is 0 Å². The number of rotatable bonds is 4. The Morgan fingerprint density at radius 2 is 1.94 bits per heavy atom. The average molecular weight is 472 g/mol. The number of anilines is 1. The lowest BCUT2D eigenvalue weighted by Crippen LogP contribution is -2.51. The lowest BCUT2D eigenvalue weighted by Gasteiger charge is -2.35. The Hall–Kier alpha value is -2.13. The van der Waals surface area contributed by atoms with Crippen molar-refractivity contribution in [2.75, 3.05) is 31.1 Å². The topological polar surface area (TPSA) is 68.8 Å². The molecule has 32 heavy (non-hydrogen) atoms. The maximum Gasteiger partial charge on any atom is 0.243 e. The molecule has 0 bridgehead atoms. The number of carbonyl (C=O) groups excluding carboxylic acids is 2. The molecule has 2 unspecified atom stereocenters. The first-order valence-corrected chi connectivity index (χ1v) is 11.9. The van der Waals surface area contributed by atoms with E-state index in [4.69, 9.17) is 24.2 Å². The monoisotopic (exact) mass is 471 g/mol. The van der Waals surface area contributed by atoms with Crippen LogP contribution in [0.15, 0.2) is 36.4 Å². The largest absolute Gasteiger partial charge is 0.354 e. The molecule has 2 atom stereocenters. The Morgan fingerprint density at radius 3 is 2.69 bits per heavy atom. The fourth-order valence-electron chi connectivity index (χ4n) is 4.85. The molecular formula is C23H26ClN5O2S. The number of nitrogens with one attached hydrogen (secondary N) is 1. The summed E-state index contributed by atoms with van der Waals surface area (Å²) in [5.74, 6) is 0.538. The lowest BCUT2D eigenvalue weighted by molar-refractivity contribution is -0.137. The number of piperazine rings is 1. The molecule has 0 saturated carbocycles. The molecule has 3 aliphatic rings. The number of hydrogen-bond donors (Lipinski definition) is 2. The number of aromatic nitrogens is 1. The van der Waals surface area contributed by atoms with Crippen molar-refractivity contribution < 1.29 is 9.59 Å². The number of carbonyl (C=O) groups is 2. The highest BCUT2D eigenvalue weighted by Gasteiger charge is 2.39. The standard InChI is InChI=1S/C23H26ClN5O2S/c24-19-2-1-3-20(25-19)28-10-8-27(9-11-28)13-15-4-5-17-16(12-15)14-29(23(17)32)18-6-7-21(30)26-22(18)31/h1-5,12,18,23,32H,6-11,13-14H2,(H,26,30,31). The third-order valence-corrected chi connectivity index (χ3v) is 7.35. The smallest absolute Gasteiger partial charge is 0.243 e. The molecule has 1 N–H and O–H groups in total. The Bertz CT molecular complexity index is 1040. The summed E-state index contributed by atoms with van der Waals surface area (Å²) in [6, 6.07) is 12.0. The molecule has 2 amide bonds. The van der Waals surface area contributed by atoms with E-state index in [0.717, 1.165) is 44.1 Å². The molecule has 2 aromatic rings. The van der Waals surface area contributed by atoms with Crippen LogP contribution in [-0.2, 0) is 22.7 Å². The van der Waals surface area contributed by atoms with Gasteiger partial charge in [-0.05, 0) is 35.2 Å². The summed E-state index contributed by atoms with van der Waals surface area (Å²) < 4.78 is 0. The molecule has 7 nitrogen and oxygen atoms in total. The zero-order valence-electron chi connectivity index (χ0n) is 17.7. The number of pyridine rings is 1. The third-order valence-electron chi connectivity index (χ3n) is 6.57. The van der Waals surface area contributed by atoms with Crippen molar-refractivity contribution in [1.82, 2.24) is 20.1 Å². The summed E-state index contributed by atoms with van der Waals surface area (Å²) in [5, 5.41) is 2.86. The molecule has 0 spiro atoms. The number of halogens is 1. The van der Waals surface area contributed by atoms with Crippen LogP contribution in [0.4, 0.5) is 5.82 Å². The number of nitrogens with zero attached hydrogens (tertiary/aromatic N) is 4. The Labute approximate surface area is 198 Å². The Morgan fingerprint density at radius 1 is 1.12 bits per heavy atom. The fraction of sp³-hybridized carbons (Fsp3) is 0.435. The number of benzene rings is 1. The van der Waals surface area contributed by atoms with Gasteiger partial charge in [-0.2, -0.15) is 12.6 Å². The summed E-state index contributed by atoms with van der Waals surface area (Å²) in [6.45, 7) is 5.32. The van der Waals surface area contributed by atoms with Crippen LogP contribution in [0, 0.1) is 0 Å². The van der Waals surface area contributed by atoms with E-state index in [9.17, 15) is 9.59 Å². The van der Waals surface area contributed by atoms with Crippen LogP contribution in [0.3, 0.4) is 0 Å². The van der Waals surface area contributed by atoms with Crippen LogP contribution >= 0.6 is 24.2 Å². The van der Waals surface area contributed by atoms with E-state index in [-0.39, 0.29) is 23.2 Å². The van der Waals surface area contributed by atoms with Gasteiger partial charge >= 0.3 is 0 Å². The second-order valence-electron chi connectivity index (χ2n) is 8.63. The third kappa shape index (κ3) is 4.37. The predicted octanol–water partition coefficient (Wildman–Crippen LogP) is 2.61. The van der Waals surface area contributed by atoms with Crippen LogP contribution in [0.1, 0.15) is 34.9 Å². The first-order valence-electron chi connectivity index (χ1n) is 11.0. The second kappa shape index (κ2) is 9.02. The molecule has 3 aliphatic heterocycles. The van der Waals surface area contributed by atoms with Crippen LogP contribution in [0.25, 0.3) is 0 Å². The van der Waals surface area contributed by atoms with Crippen molar-refractivity contribution in [2.24, 2.45) is 0 Å². The number of hydrogen-bond acceptors (Lipinski definition) is 7. The Balaban J connectivity index is 1.21. The highest BCUT2D eigenvalue weighted by molar-refractivity contribution is 7.80. The summed E-state index contributed by atoms with van der Waals surface area (Å²) in [4.78, 5) is 35.1. The molecule has 168 valence electrons. The van der Waals surface area contributed by atoms with E-state index < -0.39 is 0 Å². The number of fused-ring (bicyclic) bond motifs is 1. The maximum atomic E-state index is 12.3. The normalized spacial score (nSPS) is 24.5. The van der Waals surface area contributed by atoms with Crippen LogP contribution in [0.2, 0.25) is 5.15 Å². The quantitative estimate of drug-likeness (QED) is 0.406. The molecule has 0 radical (unpaired) electrons. The van der Waals surface area contributed by atoms with E-state index in [1.807, 2.05) is 12.1 Å². The number of thiol groups is 1. The van der Waals surface area contributed by atoms with E-state index >= 15 is 0 Å². The van der Waals surface area contributed by atoms with Crippen LogP contribution in [0.5, 0.6) is 0 Å². The van der Waals surface area contributed by atoms with Gasteiger partial charge in [-0.15, -0.1) is 0 Å². The Kier molecular flexibility index (Phi) is 6.11. The molecule has 4 heterocycles. The summed E-state index contributed by atoms with van der Waals surface area (Å²) in [7, 11) is 0. The molecule has 1 aromatic carbocycles. The van der Waals surface area contributed by atoms with Crippen molar-refractivity contribution in [3.63, 3.8) is 0 Å². The van der Waals surface area contributed by atoms with Gasteiger partial charge in [0.1, 0.15) is 11.0 Å². The van der Waals surface area contributed by atoms with Gasteiger partial charge in [-0.1, -0.05) is 35.9 Å². The molecule has 0 aliphatic carbocycles. The van der Waals surface area contributed by atoms with Crippen molar-refractivity contribution in [3.05, 3.63) is 58.2 Å². The van der Waals surface area contributed by atoms with Gasteiger partial charge in [-0.3, -0.25) is 24.7 Å².